The normalized spacial score (nSPS) is 9.76. The van der Waals surface area contributed by atoms with Crippen molar-refractivity contribution < 1.29 is 13.6 Å². The SMILES string of the molecule is Cl.NC(N)=NC(=O)/C=C/c1cc(F)ccc1F. The Morgan fingerprint density at radius 2 is 1.94 bits per heavy atom. The Hall–Kier alpha value is -1.95. The van der Waals surface area contributed by atoms with Gasteiger partial charge in [0.1, 0.15) is 11.6 Å². The second kappa shape index (κ2) is 6.59. The number of halogens is 3. The molecule has 0 aliphatic heterocycles. The lowest BCUT2D eigenvalue weighted by Gasteiger charge is -1.95. The molecule has 4 nitrogen and oxygen atoms in total. The third kappa shape index (κ3) is 5.07. The molecule has 0 unspecified atom stereocenters. The van der Waals surface area contributed by atoms with Crippen molar-refractivity contribution in [1.82, 2.24) is 0 Å². The van der Waals surface area contributed by atoms with Crippen molar-refractivity contribution in [2.75, 3.05) is 0 Å². The maximum absolute atomic E-state index is 13.1. The summed E-state index contributed by atoms with van der Waals surface area (Å²) in [5.41, 5.74) is 9.85. The molecular formula is C10H10ClF2N3O. The summed E-state index contributed by atoms with van der Waals surface area (Å²) in [6.45, 7) is 0. The molecule has 0 spiro atoms. The smallest absolute Gasteiger partial charge is 0.272 e. The molecule has 0 fully saturated rings. The number of guanidine groups is 1. The second-order valence-corrected chi connectivity index (χ2v) is 2.87. The summed E-state index contributed by atoms with van der Waals surface area (Å²) in [4.78, 5) is 14.1. The Labute approximate surface area is 102 Å². The van der Waals surface area contributed by atoms with Gasteiger partial charge in [0.15, 0.2) is 5.96 Å². The molecule has 0 aliphatic rings. The first kappa shape index (κ1) is 15.0. The van der Waals surface area contributed by atoms with Crippen LogP contribution in [0.25, 0.3) is 6.08 Å². The maximum Gasteiger partial charge on any atom is 0.272 e. The topological polar surface area (TPSA) is 81.5 Å². The fraction of sp³-hybridized carbons (Fsp3) is 0. The number of amides is 1. The summed E-state index contributed by atoms with van der Waals surface area (Å²) >= 11 is 0. The molecule has 7 heteroatoms. The van der Waals surface area contributed by atoms with Crippen LogP contribution in [-0.2, 0) is 4.79 Å². The largest absolute Gasteiger partial charge is 0.370 e. The summed E-state index contributed by atoms with van der Waals surface area (Å²) < 4.78 is 25.8. The Morgan fingerprint density at radius 1 is 1.29 bits per heavy atom. The predicted octanol–water partition coefficient (Wildman–Crippen LogP) is 1.20. The molecule has 0 bridgehead atoms. The Bertz CT molecular complexity index is 471. The standard InChI is InChI=1S/C10H9F2N3O.ClH/c11-7-2-3-8(12)6(5-7)1-4-9(16)15-10(13)14;/h1-5H,(H4,13,14,15,16);1H/b4-1+;. The zero-order chi connectivity index (χ0) is 12.1. The number of benzene rings is 1. The zero-order valence-electron chi connectivity index (χ0n) is 8.56. The summed E-state index contributed by atoms with van der Waals surface area (Å²) in [5.74, 6) is -2.39. The quantitative estimate of drug-likeness (QED) is 0.477. The predicted molar refractivity (Wildman–Crippen MR) is 63.5 cm³/mol. The fourth-order valence-electron chi connectivity index (χ4n) is 0.968. The van der Waals surface area contributed by atoms with Crippen LogP contribution in [0, 0.1) is 11.6 Å². The molecule has 92 valence electrons. The number of carbonyl (C=O) groups excluding carboxylic acids is 1. The number of hydrogen-bond acceptors (Lipinski definition) is 1. The van der Waals surface area contributed by atoms with E-state index in [-0.39, 0.29) is 18.0 Å². The van der Waals surface area contributed by atoms with Crippen molar-refractivity contribution in [3.05, 3.63) is 41.5 Å². The van der Waals surface area contributed by atoms with Crippen LogP contribution in [-0.4, -0.2) is 11.9 Å². The molecule has 0 aromatic heterocycles. The van der Waals surface area contributed by atoms with Crippen LogP contribution in [0.3, 0.4) is 0 Å². The van der Waals surface area contributed by atoms with Gasteiger partial charge in [-0.25, -0.2) is 8.78 Å². The minimum absolute atomic E-state index is 0. The number of hydrogen-bond donors (Lipinski definition) is 2. The molecule has 0 radical (unpaired) electrons. The summed E-state index contributed by atoms with van der Waals surface area (Å²) in [7, 11) is 0. The van der Waals surface area contributed by atoms with E-state index in [1.165, 1.54) is 0 Å². The minimum atomic E-state index is -0.747. The molecule has 0 heterocycles. The molecule has 1 amide bonds. The highest BCUT2D eigenvalue weighted by Crippen LogP contribution is 2.11. The molecular weight excluding hydrogens is 252 g/mol. The highest BCUT2D eigenvalue weighted by atomic mass is 35.5. The molecule has 0 saturated heterocycles. The van der Waals surface area contributed by atoms with Gasteiger partial charge in [-0.15, -0.1) is 12.4 Å². The highest BCUT2D eigenvalue weighted by molar-refractivity contribution is 5.99. The lowest BCUT2D eigenvalue weighted by Crippen LogP contribution is -2.23. The van der Waals surface area contributed by atoms with Gasteiger partial charge in [-0.2, -0.15) is 4.99 Å². The highest BCUT2D eigenvalue weighted by Gasteiger charge is 2.01. The molecule has 1 rings (SSSR count). The van der Waals surface area contributed by atoms with E-state index in [1.54, 1.807) is 0 Å². The van der Waals surface area contributed by atoms with Crippen LogP contribution in [0.4, 0.5) is 8.78 Å². The van der Waals surface area contributed by atoms with Gasteiger partial charge in [-0.1, -0.05) is 0 Å². The van der Waals surface area contributed by atoms with Gasteiger partial charge in [-0.05, 0) is 24.3 Å². The van der Waals surface area contributed by atoms with Crippen molar-refractivity contribution in [2.24, 2.45) is 16.5 Å². The molecule has 17 heavy (non-hydrogen) atoms. The van der Waals surface area contributed by atoms with Crippen molar-refractivity contribution >= 4 is 30.3 Å². The minimum Gasteiger partial charge on any atom is -0.370 e. The van der Waals surface area contributed by atoms with E-state index >= 15 is 0 Å². The van der Waals surface area contributed by atoms with Crippen LogP contribution < -0.4 is 11.5 Å². The zero-order valence-corrected chi connectivity index (χ0v) is 9.38. The number of carbonyl (C=O) groups is 1. The van der Waals surface area contributed by atoms with Crippen LogP contribution in [0.15, 0.2) is 29.3 Å². The van der Waals surface area contributed by atoms with Crippen LogP contribution in [0.1, 0.15) is 5.56 Å². The lowest BCUT2D eigenvalue weighted by atomic mass is 10.2. The van der Waals surface area contributed by atoms with Crippen molar-refractivity contribution in [3.8, 4) is 0 Å². The molecule has 0 aliphatic carbocycles. The van der Waals surface area contributed by atoms with E-state index < -0.39 is 23.5 Å². The van der Waals surface area contributed by atoms with E-state index in [9.17, 15) is 13.6 Å². The number of rotatable bonds is 2. The number of nitrogens with zero attached hydrogens (tertiary/aromatic N) is 1. The second-order valence-electron chi connectivity index (χ2n) is 2.87. The lowest BCUT2D eigenvalue weighted by molar-refractivity contribution is -0.113. The van der Waals surface area contributed by atoms with E-state index in [0.29, 0.717) is 0 Å². The molecule has 0 saturated carbocycles. The van der Waals surface area contributed by atoms with Gasteiger partial charge >= 0.3 is 0 Å². The Morgan fingerprint density at radius 3 is 2.53 bits per heavy atom. The van der Waals surface area contributed by atoms with Gasteiger partial charge in [0.05, 0.1) is 0 Å². The summed E-state index contributed by atoms with van der Waals surface area (Å²) in [6.07, 6.45) is 2.03. The van der Waals surface area contributed by atoms with Gasteiger partial charge in [-0.3, -0.25) is 4.79 Å². The molecule has 0 atom stereocenters. The number of aliphatic imine (C=N–C) groups is 1. The fourth-order valence-corrected chi connectivity index (χ4v) is 0.968. The first-order chi connectivity index (χ1) is 7.49. The third-order valence-corrected chi connectivity index (χ3v) is 1.60. The summed E-state index contributed by atoms with van der Waals surface area (Å²) in [5, 5.41) is 0. The Balaban J connectivity index is 0.00000256. The van der Waals surface area contributed by atoms with Crippen molar-refractivity contribution in [2.45, 2.75) is 0 Å². The van der Waals surface area contributed by atoms with Crippen LogP contribution in [0.5, 0.6) is 0 Å². The van der Waals surface area contributed by atoms with Crippen molar-refractivity contribution in [3.63, 3.8) is 0 Å². The van der Waals surface area contributed by atoms with Gasteiger partial charge < -0.3 is 11.5 Å². The van der Waals surface area contributed by atoms with E-state index in [1.807, 2.05) is 0 Å². The molecule has 4 N–H and O–H groups in total. The van der Waals surface area contributed by atoms with Gasteiger partial charge in [0.25, 0.3) is 5.91 Å². The maximum atomic E-state index is 13.1. The first-order valence-corrected chi connectivity index (χ1v) is 4.26. The van der Waals surface area contributed by atoms with Crippen LogP contribution in [0.2, 0.25) is 0 Å². The van der Waals surface area contributed by atoms with Gasteiger partial charge in [0.2, 0.25) is 0 Å². The van der Waals surface area contributed by atoms with Crippen molar-refractivity contribution in [1.29, 1.82) is 0 Å². The van der Waals surface area contributed by atoms with E-state index in [0.717, 1.165) is 30.4 Å². The summed E-state index contributed by atoms with van der Waals surface area (Å²) in [6, 6.07) is 2.89. The number of nitrogens with two attached hydrogens (primary N) is 2. The first-order valence-electron chi connectivity index (χ1n) is 4.26. The average molecular weight is 262 g/mol. The van der Waals surface area contributed by atoms with E-state index in [2.05, 4.69) is 4.99 Å². The van der Waals surface area contributed by atoms with E-state index in [4.69, 9.17) is 11.5 Å². The Kier molecular flexibility index (Phi) is 5.84. The molecule has 1 aromatic carbocycles. The average Bonchev–Trinajstić information content (AvgIpc) is 2.18. The molecule has 1 aromatic rings. The van der Waals surface area contributed by atoms with Crippen LogP contribution >= 0.6 is 12.4 Å². The van der Waals surface area contributed by atoms with Gasteiger partial charge in [0, 0.05) is 11.6 Å². The third-order valence-electron chi connectivity index (χ3n) is 1.60. The monoisotopic (exact) mass is 261 g/mol.